The van der Waals surface area contributed by atoms with Crippen LogP contribution in [0, 0.1) is 5.92 Å². The van der Waals surface area contributed by atoms with Crippen LogP contribution in [0.4, 0.5) is 0 Å². The zero-order valence-corrected chi connectivity index (χ0v) is 23.6. The predicted molar refractivity (Wildman–Crippen MR) is 160 cm³/mol. The molecule has 1 atom stereocenters. The van der Waals surface area contributed by atoms with Crippen molar-refractivity contribution < 1.29 is 14.6 Å². The lowest BCUT2D eigenvalue weighted by Gasteiger charge is -2.21. The molecule has 38 heavy (non-hydrogen) atoms. The normalized spacial score (nSPS) is 15.0. The van der Waals surface area contributed by atoms with Crippen molar-refractivity contribution in [2.75, 3.05) is 6.61 Å². The molecule has 4 heteroatoms. The number of phenolic OH excluding ortho intramolecular Hbond substituents is 1. The monoisotopic (exact) mass is 528 g/mol. The first-order chi connectivity index (χ1) is 18.6. The van der Waals surface area contributed by atoms with Gasteiger partial charge in [-0.3, -0.25) is 0 Å². The summed E-state index contributed by atoms with van der Waals surface area (Å²) in [6.45, 7) is 5.27. The first-order valence-corrected chi connectivity index (χ1v) is 15.3. The van der Waals surface area contributed by atoms with E-state index in [1.165, 1.54) is 56.1 Å². The third-order valence-corrected chi connectivity index (χ3v) is 8.88. The van der Waals surface area contributed by atoms with E-state index in [0.29, 0.717) is 5.92 Å². The number of aromatic hydroxyl groups is 1. The Balaban J connectivity index is 1.30. The molecular formula is C34H40O3S. The molecule has 0 radical (unpaired) electrons. The number of phenols is 1. The van der Waals surface area contributed by atoms with Gasteiger partial charge in [-0.25, -0.2) is 0 Å². The van der Waals surface area contributed by atoms with Crippen molar-refractivity contribution in [3.8, 4) is 34.1 Å². The van der Waals surface area contributed by atoms with Crippen LogP contribution in [0.15, 0.2) is 65.4 Å². The number of thiophene rings is 1. The second kappa shape index (κ2) is 12.7. The van der Waals surface area contributed by atoms with E-state index >= 15 is 0 Å². The van der Waals surface area contributed by atoms with E-state index in [-0.39, 0.29) is 5.75 Å². The fourth-order valence-electron chi connectivity index (χ4n) is 5.66. The highest BCUT2D eigenvalue weighted by Crippen LogP contribution is 2.44. The van der Waals surface area contributed by atoms with Crippen molar-refractivity contribution >= 4 is 22.1 Å². The topological polar surface area (TPSA) is 38.7 Å². The second-order valence-corrected chi connectivity index (χ2v) is 11.6. The molecule has 0 aliphatic heterocycles. The Labute approximate surface area is 231 Å². The minimum absolute atomic E-state index is 0.257. The van der Waals surface area contributed by atoms with Crippen LogP contribution in [-0.4, -0.2) is 11.7 Å². The van der Waals surface area contributed by atoms with Crippen LogP contribution in [-0.2, 0) is 0 Å². The summed E-state index contributed by atoms with van der Waals surface area (Å²) >= 11 is 1.74. The van der Waals surface area contributed by atoms with E-state index < -0.39 is 0 Å². The van der Waals surface area contributed by atoms with Crippen molar-refractivity contribution in [3.05, 3.63) is 70.9 Å². The van der Waals surface area contributed by atoms with Crippen molar-refractivity contribution in [1.29, 1.82) is 0 Å². The number of hydrogen-bond donors (Lipinski definition) is 1. The highest BCUT2D eigenvalue weighted by Gasteiger charge is 2.19. The predicted octanol–water partition coefficient (Wildman–Crippen LogP) is 10.7. The molecule has 3 nitrogen and oxygen atoms in total. The molecule has 1 heterocycles. The number of unbranched alkanes of at least 4 members (excludes halogenated alkanes) is 1. The summed E-state index contributed by atoms with van der Waals surface area (Å²) in [5.74, 6) is 4.15. The van der Waals surface area contributed by atoms with Gasteiger partial charge in [0.05, 0.1) is 6.61 Å². The Hall–Kier alpha value is -2.98. The highest BCUT2D eigenvalue weighted by molar-refractivity contribution is 7.08. The van der Waals surface area contributed by atoms with Crippen LogP contribution in [0.2, 0.25) is 0 Å². The minimum atomic E-state index is 0.257. The largest absolute Gasteiger partial charge is 0.508 e. The average molecular weight is 529 g/mol. The lowest BCUT2D eigenvalue weighted by atomic mass is 9.86. The molecule has 1 unspecified atom stereocenters. The lowest BCUT2D eigenvalue weighted by molar-refractivity contribution is 0.283. The van der Waals surface area contributed by atoms with Crippen LogP contribution in [0.3, 0.4) is 0 Å². The van der Waals surface area contributed by atoms with E-state index in [1.807, 2.05) is 30.3 Å². The van der Waals surface area contributed by atoms with Gasteiger partial charge in [0.2, 0.25) is 0 Å². The summed E-state index contributed by atoms with van der Waals surface area (Å²) in [4.78, 5) is 0. The maximum absolute atomic E-state index is 10.1. The number of rotatable bonds is 11. The van der Waals surface area contributed by atoms with Crippen LogP contribution in [0.5, 0.6) is 23.0 Å². The molecule has 5 rings (SSSR count). The maximum Gasteiger partial charge on any atom is 0.143 e. The Morgan fingerprint density at radius 1 is 0.895 bits per heavy atom. The number of hydrogen-bond acceptors (Lipinski definition) is 4. The first kappa shape index (κ1) is 26.6. The minimum Gasteiger partial charge on any atom is -0.508 e. The molecule has 1 N–H and O–H groups in total. The molecule has 4 aromatic rings. The van der Waals surface area contributed by atoms with Gasteiger partial charge in [-0.1, -0.05) is 58.4 Å². The summed E-state index contributed by atoms with van der Waals surface area (Å²) in [5, 5.41) is 16.5. The Morgan fingerprint density at radius 3 is 2.47 bits per heavy atom. The third kappa shape index (κ3) is 6.35. The standard InChI is InChI=1S/C34H40O3S/c1-3-24(2)32-22-38-23-33(32)31-18-12-26-21-27(35)13-19-30(26)34(31)37-29-16-14-28(15-17-29)36-20-8-7-11-25-9-5-4-6-10-25/h12-19,21-25,35H,3-11,20H2,1-2H3. The van der Waals surface area contributed by atoms with Crippen molar-refractivity contribution in [2.45, 2.75) is 77.6 Å². The number of ether oxygens (including phenoxy) is 2. The molecule has 0 saturated heterocycles. The van der Waals surface area contributed by atoms with Crippen molar-refractivity contribution in [2.24, 2.45) is 5.92 Å². The van der Waals surface area contributed by atoms with Crippen LogP contribution in [0.25, 0.3) is 21.9 Å². The smallest absolute Gasteiger partial charge is 0.143 e. The molecule has 1 saturated carbocycles. The van der Waals surface area contributed by atoms with Gasteiger partial charge in [-0.2, -0.15) is 11.3 Å². The van der Waals surface area contributed by atoms with Crippen LogP contribution in [0.1, 0.15) is 83.1 Å². The van der Waals surface area contributed by atoms with E-state index in [0.717, 1.165) is 59.0 Å². The summed E-state index contributed by atoms with van der Waals surface area (Å²) < 4.78 is 12.6. The quantitative estimate of drug-likeness (QED) is 0.197. The van der Waals surface area contributed by atoms with Gasteiger partial charge >= 0.3 is 0 Å². The lowest BCUT2D eigenvalue weighted by Crippen LogP contribution is -2.06. The third-order valence-electron chi connectivity index (χ3n) is 8.12. The van der Waals surface area contributed by atoms with Gasteiger partial charge in [-0.15, -0.1) is 0 Å². The van der Waals surface area contributed by atoms with Gasteiger partial charge in [0, 0.05) is 10.9 Å². The average Bonchev–Trinajstić information content (AvgIpc) is 3.44. The van der Waals surface area contributed by atoms with Gasteiger partial charge in [-0.05, 0) is 107 Å². The maximum atomic E-state index is 10.1. The number of fused-ring (bicyclic) bond motifs is 1. The molecule has 1 aliphatic rings. The summed E-state index contributed by atoms with van der Waals surface area (Å²) in [6.07, 6.45) is 11.9. The molecule has 0 amide bonds. The van der Waals surface area contributed by atoms with Gasteiger partial charge in [0.25, 0.3) is 0 Å². The molecule has 1 aliphatic carbocycles. The summed E-state index contributed by atoms with van der Waals surface area (Å²) in [6, 6.07) is 17.6. The Kier molecular flexibility index (Phi) is 8.90. The van der Waals surface area contributed by atoms with Crippen molar-refractivity contribution in [1.82, 2.24) is 0 Å². The van der Waals surface area contributed by atoms with E-state index in [9.17, 15) is 5.11 Å². The van der Waals surface area contributed by atoms with Crippen molar-refractivity contribution in [3.63, 3.8) is 0 Å². The van der Waals surface area contributed by atoms with Crippen LogP contribution < -0.4 is 9.47 Å². The molecular weight excluding hydrogens is 488 g/mol. The molecule has 3 aromatic carbocycles. The van der Waals surface area contributed by atoms with Gasteiger partial charge in [0.15, 0.2) is 0 Å². The van der Waals surface area contributed by atoms with E-state index in [1.54, 1.807) is 23.5 Å². The number of benzene rings is 3. The van der Waals surface area contributed by atoms with E-state index in [2.05, 4.69) is 36.7 Å². The van der Waals surface area contributed by atoms with E-state index in [4.69, 9.17) is 9.47 Å². The first-order valence-electron chi connectivity index (χ1n) is 14.3. The molecule has 1 fully saturated rings. The fraction of sp³-hybridized carbons (Fsp3) is 0.412. The summed E-state index contributed by atoms with van der Waals surface area (Å²) in [5.41, 5.74) is 3.66. The molecule has 1 aromatic heterocycles. The fourth-order valence-corrected chi connectivity index (χ4v) is 6.63. The SMILES string of the molecule is CCC(C)c1cscc1-c1ccc2cc(O)ccc2c1Oc1ccc(OCCCCC2CCCCC2)cc1. The molecule has 200 valence electrons. The summed E-state index contributed by atoms with van der Waals surface area (Å²) in [7, 11) is 0. The Bertz CT molecular complexity index is 1320. The zero-order valence-electron chi connectivity index (χ0n) is 22.7. The van der Waals surface area contributed by atoms with Gasteiger partial charge < -0.3 is 14.6 Å². The Morgan fingerprint density at radius 2 is 1.68 bits per heavy atom. The van der Waals surface area contributed by atoms with Crippen LogP contribution >= 0.6 is 11.3 Å². The zero-order chi connectivity index (χ0) is 26.3. The molecule has 0 spiro atoms. The van der Waals surface area contributed by atoms with Gasteiger partial charge in [0.1, 0.15) is 23.0 Å². The second-order valence-electron chi connectivity index (χ2n) is 10.8. The molecule has 0 bridgehead atoms. The highest BCUT2D eigenvalue weighted by atomic mass is 32.1.